The number of hydrogen-bond donors (Lipinski definition) is 0. The number of rotatable bonds is 4. The lowest BCUT2D eigenvalue weighted by Crippen LogP contribution is -2.24. The van der Waals surface area contributed by atoms with Crippen LogP contribution in [0.2, 0.25) is 0 Å². The molecule has 1 aromatic heterocycles. The fourth-order valence-corrected chi connectivity index (χ4v) is 2.79. The Morgan fingerprint density at radius 2 is 1.90 bits per heavy atom. The van der Waals surface area contributed by atoms with Crippen LogP contribution in [0.1, 0.15) is 57.2 Å². The molecule has 1 aliphatic carbocycles. The van der Waals surface area contributed by atoms with Gasteiger partial charge >= 0.3 is 6.18 Å². The summed E-state index contributed by atoms with van der Waals surface area (Å²) in [4.78, 5) is 14.8. The number of carbonyl (C=O) groups excluding carboxylic acids is 1. The fourth-order valence-electron chi connectivity index (χ4n) is 2.79. The molecule has 0 unspecified atom stereocenters. The largest absolute Gasteiger partial charge is 0.450 e. The second-order valence-corrected chi connectivity index (χ2v) is 6.00. The lowest BCUT2D eigenvalue weighted by molar-refractivity contribution is -0.170. The zero-order valence-corrected chi connectivity index (χ0v) is 12.1. The standard InChI is InChI=1S/C14H19F3N2O2/c1-8(2)9-3-5-10(6-4-9)13-18-12(21-19-13)7-11(20)14(15,16)17/h8-10H,3-7H2,1-2H3. The molecule has 1 saturated carbocycles. The third kappa shape index (κ3) is 4.04. The number of nitrogens with zero attached hydrogens (tertiary/aromatic N) is 2. The molecule has 0 N–H and O–H groups in total. The average molecular weight is 304 g/mol. The van der Waals surface area contributed by atoms with Crippen molar-refractivity contribution in [3.8, 4) is 0 Å². The Labute approximate surface area is 121 Å². The SMILES string of the molecule is CC(C)C1CCC(c2noc(CC(=O)C(F)(F)F)n2)CC1. The first-order valence-electron chi connectivity index (χ1n) is 7.20. The number of ketones is 1. The molecule has 0 radical (unpaired) electrons. The molecule has 1 aliphatic rings. The van der Waals surface area contributed by atoms with Gasteiger partial charge in [-0.25, -0.2) is 0 Å². The maximum atomic E-state index is 12.2. The molecule has 1 heterocycles. The lowest BCUT2D eigenvalue weighted by Gasteiger charge is -2.29. The summed E-state index contributed by atoms with van der Waals surface area (Å²) in [6.07, 6.45) is -1.78. The maximum absolute atomic E-state index is 12.2. The molecule has 118 valence electrons. The third-order valence-electron chi connectivity index (χ3n) is 4.19. The van der Waals surface area contributed by atoms with Gasteiger partial charge in [0.15, 0.2) is 5.82 Å². The van der Waals surface area contributed by atoms with E-state index in [9.17, 15) is 18.0 Å². The summed E-state index contributed by atoms with van der Waals surface area (Å²) < 4.78 is 41.3. The summed E-state index contributed by atoms with van der Waals surface area (Å²) in [6, 6.07) is 0. The highest BCUT2D eigenvalue weighted by Crippen LogP contribution is 2.37. The monoisotopic (exact) mass is 304 g/mol. The predicted octanol–water partition coefficient (Wildman–Crippen LogP) is 3.67. The minimum absolute atomic E-state index is 0.124. The molecule has 0 saturated heterocycles. The van der Waals surface area contributed by atoms with Crippen molar-refractivity contribution in [2.75, 3.05) is 0 Å². The lowest BCUT2D eigenvalue weighted by atomic mass is 9.77. The Morgan fingerprint density at radius 1 is 1.29 bits per heavy atom. The van der Waals surface area contributed by atoms with Gasteiger partial charge in [0, 0.05) is 5.92 Å². The van der Waals surface area contributed by atoms with Crippen molar-refractivity contribution >= 4 is 5.78 Å². The Hall–Kier alpha value is -1.40. The van der Waals surface area contributed by atoms with Crippen LogP contribution in [0, 0.1) is 11.8 Å². The highest BCUT2D eigenvalue weighted by Gasteiger charge is 2.39. The van der Waals surface area contributed by atoms with Crippen LogP contribution < -0.4 is 0 Å². The normalized spacial score (nSPS) is 23.5. The van der Waals surface area contributed by atoms with Crippen LogP contribution in [0.3, 0.4) is 0 Å². The molecule has 4 nitrogen and oxygen atoms in total. The van der Waals surface area contributed by atoms with E-state index in [1.54, 1.807) is 0 Å². The van der Waals surface area contributed by atoms with E-state index in [0.717, 1.165) is 25.7 Å². The zero-order valence-electron chi connectivity index (χ0n) is 12.1. The molecule has 1 aromatic rings. The van der Waals surface area contributed by atoms with Gasteiger partial charge in [0.25, 0.3) is 0 Å². The Morgan fingerprint density at radius 3 is 2.43 bits per heavy atom. The van der Waals surface area contributed by atoms with Crippen LogP contribution in [0.15, 0.2) is 4.52 Å². The summed E-state index contributed by atoms with van der Waals surface area (Å²) in [5, 5.41) is 3.74. The number of alkyl halides is 3. The van der Waals surface area contributed by atoms with Gasteiger partial charge in [0.2, 0.25) is 11.7 Å². The molecular weight excluding hydrogens is 285 g/mol. The molecule has 0 aromatic carbocycles. The molecule has 0 spiro atoms. The summed E-state index contributed by atoms with van der Waals surface area (Å²) >= 11 is 0. The summed E-state index contributed by atoms with van der Waals surface area (Å²) in [5.41, 5.74) is 0. The highest BCUT2D eigenvalue weighted by molar-refractivity contribution is 5.85. The smallest absolute Gasteiger partial charge is 0.339 e. The Balaban J connectivity index is 1.93. The summed E-state index contributed by atoms with van der Waals surface area (Å²) in [7, 11) is 0. The van der Waals surface area contributed by atoms with Crippen molar-refractivity contribution in [2.24, 2.45) is 11.8 Å². The first-order chi connectivity index (χ1) is 9.77. The highest BCUT2D eigenvalue weighted by atomic mass is 19.4. The minimum atomic E-state index is -4.86. The van der Waals surface area contributed by atoms with Crippen molar-refractivity contribution in [3.63, 3.8) is 0 Å². The molecule has 0 bridgehead atoms. The van der Waals surface area contributed by atoms with Crippen molar-refractivity contribution < 1.29 is 22.5 Å². The Kier molecular flexibility index (Phi) is 4.68. The van der Waals surface area contributed by atoms with Crippen molar-refractivity contribution in [1.29, 1.82) is 0 Å². The van der Waals surface area contributed by atoms with Crippen LogP contribution >= 0.6 is 0 Å². The van der Waals surface area contributed by atoms with E-state index in [-0.39, 0.29) is 11.8 Å². The van der Waals surface area contributed by atoms with Crippen LogP contribution in [-0.4, -0.2) is 22.1 Å². The maximum Gasteiger partial charge on any atom is 0.450 e. The molecule has 21 heavy (non-hydrogen) atoms. The van der Waals surface area contributed by atoms with Crippen LogP contribution in [0.5, 0.6) is 0 Å². The summed E-state index contributed by atoms with van der Waals surface area (Å²) in [5.74, 6) is -0.240. The first kappa shape index (κ1) is 16.0. The number of carbonyl (C=O) groups is 1. The average Bonchev–Trinajstić information content (AvgIpc) is 2.86. The molecule has 0 amide bonds. The first-order valence-corrected chi connectivity index (χ1v) is 7.20. The molecular formula is C14H19F3N2O2. The molecule has 0 atom stereocenters. The van der Waals surface area contributed by atoms with E-state index >= 15 is 0 Å². The van der Waals surface area contributed by atoms with Gasteiger partial charge < -0.3 is 4.52 Å². The van der Waals surface area contributed by atoms with E-state index in [1.165, 1.54) is 0 Å². The van der Waals surface area contributed by atoms with Crippen molar-refractivity contribution in [3.05, 3.63) is 11.7 Å². The number of halogens is 3. The molecule has 7 heteroatoms. The van der Waals surface area contributed by atoms with E-state index < -0.39 is 18.4 Å². The quantitative estimate of drug-likeness (QED) is 0.851. The van der Waals surface area contributed by atoms with E-state index in [0.29, 0.717) is 17.7 Å². The van der Waals surface area contributed by atoms with E-state index in [2.05, 4.69) is 24.0 Å². The van der Waals surface area contributed by atoms with Gasteiger partial charge in [0.05, 0.1) is 6.42 Å². The number of hydrogen-bond acceptors (Lipinski definition) is 4. The number of aromatic nitrogens is 2. The van der Waals surface area contributed by atoms with Crippen LogP contribution in [0.4, 0.5) is 13.2 Å². The van der Waals surface area contributed by atoms with Crippen LogP contribution in [0.25, 0.3) is 0 Å². The predicted molar refractivity (Wildman–Crippen MR) is 68.6 cm³/mol. The molecule has 2 rings (SSSR count). The molecule has 1 fully saturated rings. The van der Waals surface area contributed by atoms with Crippen molar-refractivity contribution in [1.82, 2.24) is 10.1 Å². The van der Waals surface area contributed by atoms with E-state index in [1.807, 2.05) is 0 Å². The van der Waals surface area contributed by atoms with Gasteiger partial charge in [-0.3, -0.25) is 4.79 Å². The summed E-state index contributed by atoms with van der Waals surface area (Å²) in [6.45, 7) is 4.39. The van der Waals surface area contributed by atoms with Gasteiger partial charge in [-0.15, -0.1) is 0 Å². The third-order valence-corrected chi connectivity index (χ3v) is 4.19. The van der Waals surface area contributed by atoms with Gasteiger partial charge in [-0.2, -0.15) is 18.2 Å². The van der Waals surface area contributed by atoms with Gasteiger partial charge in [0.1, 0.15) is 0 Å². The second kappa shape index (κ2) is 6.15. The van der Waals surface area contributed by atoms with Gasteiger partial charge in [-0.05, 0) is 37.5 Å². The van der Waals surface area contributed by atoms with Crippen molar-refractivity contribution in [2.45, 2.75) is 58.0 Å². The van der Waals surface area contributed by atoms with E-state index in [4.69, 9.17) is 4.52 Å². The molecule has 0 aliphatic heterocycles. The topological polar surface area (TPSA) is 56.0 Å². The zero-order chi connectivity index (χ0) is 15.6. The number of Topliss-reactive ketones (excluding diaryl/α,β-unsaturated/α-hetero) is 1. The second-order valence-electron chi connectivity index (χ2n) is 6.00. The fraction of sp³-hybridized carbons (Fsp3) is 0.786. The Bertz CT molecular complexity index is 489. The minimum Gasteiger partial charge on any atom is -0.339 e. The van der Waals surface area contributed by atoms with Gasteiger partial charge in [-0.1, -0.05) is 19.0 Å². The van der Waals surface area contributed by atoms with Crippen LogP contribution in [-0.2, 0) is 11.2 Å².